The number of nitrogens with zero attached hydrogens (tertiary/aromatic N) is 1. The first-order valence-corrected chi connectivity index (χ1v) is 8.53. The topological polar surface area (TPSA) is 75.7 Å². The van der Waals surface area contributed by atoms with E-state index in [2.05, 4.69) is 5.32 Å². The van der Waals surface area contributed by atoms with Crippen LogP contribution in [0.3, 0.4) is 0 Å². The Morgan fingerprint density at radius 3 is 2.62 bits per heavy atom. The van der Waals surface area contributed by atoms with Crippen LogP contribution in [0.1, 0.15) is 20.3 Å². The number of hydrogen-bond donors (Lipinski definition) is 1. The zero-order valence-corrected chi connectivity index (χ0v) is 13.6. The molecule has 0 aliphatic heterocycles. The molecule has 0 spiro atoms. The smallest absolute Gasteiger partial charge is 0.239 e. The van der Waals surface area contributed by atoms with Gasteiger partial charge in [0.15, 0.2) is 0 Å². The van der Waals surface area contributed by atoms with Crippen LogP contribution in [0.5, 0.6) is 5.75 Å². The quantitative estimate of drug-likeness (QED) is 0.831. The number of methoxy groups -OCH3 is 1. The van der Waals surface area contributed by atoms with Gasteiger partial charge in [0.2, 0.25) is 15.9 Å². The molecule has 0 aliphatic carbocycles. The molecule has 1 rings (SSSR count). The summed E-state index contributed by atoms with van der Waals surface area (Å²) in [5, 5.41) is 2.67. The lowest BCUT2D eigenvalue weighted by Crippen LogP contribution is -2.42. The predicted octanol–water partition coefficient (Wildman–Crippen LogP) is 1.69. The molecule has 1 aromatic carbocycles. The minimum atomic E-state index is -3.43. The first kappa shape index (κ1) is 17.5. The molecule has 0 heterocycles. The van der Waals surface area contributed by atoms with Gasteiger partial charge in [-0.2, -0.15) is 4.31 Å². The summed E-state index contributed by atoms with van der Waals surface area (Å²) in [5.74, 6) is 0.240. The van der Waals surface area contributed by atoms with Gasteiger partial charge in [0.05, 0.1) is 19.9 Å². The fourth-order valence-corrected chi connectivity index (χ4v) is 3.00. The average molecular weight is 314 g/mol. The molecule has 0 bridgehead atoms. The fourth-order valence-electron chi connectivity index (χ4n) is 1.85. The Morgan fingerprint density at radius 1 is 1.43 bits per heavy atom. The van der Waals surface area contributed by atoms with Crippen LogP contribution in [-0.4, -0.2) is 44.6 Å². The molecule has 1 unspecified atom stereocenters. The molecule has 1 atom stereocenters. The summed E-state index contributed by atoms with van der Waals surface area (Å²) in [6, 6.07) is 6.67. The molecule has 6 nitrogen and oxygen atoms in total. The van der Waals surface area contributed by atoms with Crippen molar-refractivity contribution in [2.24, 2.45) is 0 Å². The zero-order chi connectivity index (χ0) is 16.0. The Hall–Kier alpha value is -1.60. The van der Waals surface area contributed by atoms with Crippen LogP contribution in [0.4, 0.5) is 5.69 Å². The predicted molar refractivity (Wildman–Crippen MR) is 82.9 cm³/mol. The maximum Gasteiger partial charge on any atom is 0.239 e. The molecule has 0 aliphatic rings. The van der Waals surface area contributed by atoms with E-state index in [0.717, 1.165) is 6.26 Å². The van der Waals surface area contributed by atoms with Gasteiger partial charge in [0.25, 0.3) is 0 Å². The highest BCUT2D eigenvalue weighted by molar-refractivity contribution is 7.88. The molecule has 21 heavy (non-hydrogen) atoms. The van der Waals surface area contributed by atoms with Crippen LogP contribution in [0.2, 0.25) is 0 Å². The van der Waals surface area contributed by atoms with Gasteiger partial charge in [-0.1, -0.05) is 13.0 Å². The lowest BCUT2D eigenvalue weighted by molar-refractivity contribution is -0.116. The van der Waals surface area contributed by atoms with Gasteiger partial charge in [-0.25, -0.2) is 8.42 Å². The van der Waals surface area contributed by atoms with Crippen molar-refractivity contribution < 1.29 is 17.9 Å². The zero-order valence-electron chi connectivity index (χ0n) is 12.8. The number of ether oxygens (including phenoxy) is 1. The summed E-state index contributed by atoms with van der Waals surface area (Å²) in [6.07, 6.45) is 1.75. The van der Waals surface area contributed by atoms with Crippen molar-refractivity contribution in [3.8, 4) is 5.75 Å². The fraction of sp³-hybridized carbons (Fsp3) is 0.500. The second-order valence-corrected chi connectivity index (χ2v) is 6.78. The molecule has 0 saturated heterocycles. The lowest BCUT2D eigenvalue weighted by atomic mass is 10.2. The van der Waals surface area contributed by atoms with Crippen molar-refractivity contribution in [2.45, 2.75) is 26.3 Å². The molecule has 0 aromatic heterocycles. The third kappa shape index (κ3) is 5.35. The van der Waals surface area contributed by atoms with E-state index in [1.807, 2.05) is 6.92 Å². The first-order valence-electron chi connectivity index (χ1n) is 6.68. The largest absolute Gasteiger partial charge is 0.497 e. The third-order valence-electron chi connectivity index (χ3n) is 3.16. The van der Waals surface area contributed by atoms with E-state index in [0.29, 0.717) is 17.9 Å². The number of carbonyl (C=O) groups is 1. The number of benzene rings is 1. The normalized spacial score (nSPS) is 13.0. The Balaban J connectivity index is 2.78. The van der Waals surface area contributed by atoms with E-state index < -0.39 is 10.0 Å². The minimum Gasteiger partial charge on any atom is -0.497 e. The van der Waals surface area contributed by atoms with Crippen molar-refractivity contribution >= 4 is 21.6 Å². The van der Waals surface area contributed by atoms with E-state index >= 15 is 0 Å². The van der Waals surface area contributed by atoms with Crippen molar-refractivity contribution in [2.75, 3.05) is 25.2 Å². The molecule has 1 amide bonds. The second kappa shape index (κ2) is 7.42. The molecule has 0 radical (unpaired) electrons. The molecule has 0 fully saturated rings. The maximum absolute atomic E-state index is 12.0. The summed E-state index contributed by atoms with van der Waals surface area (Å²) in [5.41, 5.74) is 0.567. The van der Waals surface area contributed by atoms with Crippen LogP contribution in [-0.2, 0) is 14.8 Å². The highest BCUT2D eigenvalue weighted by atomic mass is 32.2. The number of sulfonamides is 1. The lowest BCUT2D eigenvalue weighted by Gasteiger charge is -2.25. The van der Waals surface area contributed by atoms with Crippen molar-refractivity contribution in [3.05, 3.63) is 24.3 Å². The van der Waals surface area contributed by atoms with Crippen molar-refractivity contribution in [1.82, 2.24) is 4.31 Å². The third-order valence-corrected chi connectivity index (χ3v) is 4.50. The number of carbonyl (C=O) groups excluding carboxylic acids is 1. The van der Waals surface area contributed by atoms with Crippen LogP contribution >= 0.6 is 0 Å². The number of amides is 1. The van der Waals surface area contributed by atoms with Crippen LogP contribution in [0, 0.1) is 0 Å². The monoisotopic (exact) mass is 314 g/mol. The number of hydrogen-bond acceptors (Lipinski definition) is 4. The molecular weight excluding hydrogens is 292 g/mol. The van der Waals surface area contributed by atoms with Gasteiger partial charge in [0, 0.05) is 17.8 Å². The Morgan fingerprint density at radius 2 is 2.10 bits per heavy atom. The number of nitrogens with one attached hydrogen (secondary N) is 1. The Kier molecular flexibility index (Phi) is 6.17. The van der Waals surface area contributed by atoms with Gasteiger partial charge in [0.1, 0.15) is 5.75 Å². The van der Waals surface area contributed by atoms with Gasteiger partial charge < -0.3 is 10.1 Å². The van der Waals surface area contributed by atoms with Gasteiger partial charge in [-0.05, 0) is 25.5 Å². The molecule has 1 aromatic rings. The van der Waals surface area contributed by atoms with E-state index in [1.54, 1.807) is 31.2 Å². The standard InChI is InChI=1S/C14H22N2O4S/c1-5-11(2)16(21(4,18)19)10-14(17)15-12-7-6-8-13(9-12)20-3/h6-9,11H,5,10H2,1-4H3,(H,15,17). The highest BCUT2D eigenvalue weighted by Gasteiger charge is 2.24. The van der Waals surface area contributed by atoms with E-state index in [-0.39, 0.29) is 18.5 Å². The number of anilines is 1. The molecular formula is C14H22N2O4S. The van der Waals surface area contributed by atoms with Gasteiger partial charge >= 0.3 is 0 Å². The van der Waals surface area contributed by atoms with Crippen LogP contribution in [0.15, 0.2) is 24.3 Å². The van der Waals surface area contributed by atoms with E-state index in [4.69, 9.17) is 4.74 Å². The van der Waals surface area contributed by atoms with E-state index in [1.165, 1.54) is 11.4 Å². The minimum absolute atomic E-state index is 0.203. The summed E-state index contributed by atoms with van der Waals surface area (Å²) < 4.78 is 29.8. The SMILES string of the molecule is CCC(C)N(CC(=O)Nc1cccc(OC)c1)S(C)(=O)=O. The molecule has 0 saturated carbocycles. The maximum atomic E-state index is 12.0. The average Bonchev–Trinajstić information content (AvgIpc) is 2.43. The summed E-state index contributed by atoms with van der Waals surface area (Å²) in [6.45, 7) is 3.45. The Labute approximate surface area is 126 Å². The summed E-state index contributed by atoms with van der Waals surface area (Å²) in [4.78, 5) is 12.0. The molecule has 7 heteroatoms. The Bertz CT molecular complexity index is 586. The molecule has 118 valence electrons. The van der Waals surface area contributed by atoms with Crippen molar-refractivity contribution in [3.63, 3.8) is 0 Å². The van der Waals surface area contributed by atoms with Crippen LogP contribution < -0.4 is 10.1 Å². The van der Waals surface area contributed by atoms with E-state index in [9.17, 15) is 13.2 Å². The van der Waals surface area contributed by atoms with Crippen molar-refractivity contribution in [1.29, 1.82) is 0 Å². The van der Waals surface area contributed by atoms with Crippen LogP contribution in [0.25, 0.3) is 0 Å². The van der Waals surface area contributed by atoms with Gasteiger partial charge in [-0.15, -0.1) is 0 Å². The van der Waals surface area contributed by atoms with Gasteiger partial charge in [-0.3, -0.25) is 4.79 Å². The second-order valence-electron chi connectivity index (χ2n) is 4.85. The summed E-state index contributed by atoms with van der Waals surface area (Å²) in [7, 11) is -1.89. The first-order chi connectivity index (χ1) is 9.77. The molecule has 1 N–H and O–H groups in total. The number of rotatable bonds is 7. The highest BCUT2D eigenvalue weighted by Crippen LogP contribution is 2.17. The summed E-state index contributed by atoms with van der Waals surface area (Å²) >= 11 is 0.